The van der Waals surface area contributed by atoms with Crippen molar-refractivity contribution in [2.75, 3.05) is 6.54 Å². The smallest absolute Gasteiger partial charge is 0.303 e. The van der Waals surface area contributed by atoms with Gasteiger partial charge in [0.2, 0.25) is 0 Å². The van der Waals surface area contributed by atoms with Crippen LogP contribution in [0, 0.1) is 5.92 Å². The topological polar surface area (TPSA) is 79.3 Å². The summed E-state index contributed by atoms with van der Waals surface area (Å²) in [7, 11) is 0. The highest BCUT2D eigenvalue weighted by Gasteiger charge is 2.12. The molecule has 0 saturated carbocycles. The van der Waals surface area contributed by atoms with E-state index in [1.165, 1.54) is 11.3 Å². The van der Waals surface area contributed by atoms with Crippen LogP contribution in [0.15, 0.2) is 11.7 Å². The largest absolute Gasteiger partial charge is 0.481 e. The molecule has 0 bridgehead atoms. The lowest BCUT2D eigenvalue weighted by Crippen LogP contribution is -2.25. The number of carboxylic acid groups (broad SMARTS) is 1. The summed E-state index contributed by atoms with van der Waals surface area (Å²) < 4.78 is 0. The molecular formula is C13H20N2O3S. The van der Waals surface area contributed by atoms with E-state index in [1.54, 1.807) is 11.7 Å². The minimum absolute atomic E-state index is 0.101. The van der Waals surface area contributed by atoms with Gasteiger partial charge in [-0.3, -0.25) is 14.6 Å². The lowest BCUT2D eigenvalue weighted by atomic mass is 9.94. The van der Waals surface area contributed by atoms with Crippen molar-refractivity contribution < 1.29 is 14.7 Å². The van der Waals surface area contributed by atoms with Crippen LogP contribution in [0.1, 0.15) is 48.7 Å². The number of hydrogen-bond acceptors (Lipinski definition) is 4. The molecule has 0 fully saturated rings. The van der Waals surface area contributed by atoms with Gasteiger partial charge < -0.3 is 10.4 Å². The second-order valence-corrected chi connectivity index (χ2v) is 5.38. The van der Waals surface area contributed by atoms with Gasteiger partial charge in [0.1, 0.15) is 4.88 Å². The Morgan fingerprint density at radius 1 is 1.42 bits per heavy atom. The first kappa shape index (κ1) is 15.6. The van der Waals surface area contributed by atoms with Crippen molar-refractivity contribution in [1.29, 1.82) is 0 Å². The Kier molecular flexibility index (Phi) is 7.10. The van der Waals surface area contributed by atoms with Gasteiger partial charge in [0, 0.05) is 13.0 Å². The molecule has 1 amide bonds. The third-order valence-electron chi connectivity index (χ3n) is 2.96. The minimum atomic E-state index is -0.755. The van der Waals surface area contributed by atoms with E-state index in [4.69, 9.17) is 5.11 Å². The molecule has 0 aliphatic rings. The molecule has 1 rings (SSSR count). The average Bonchev–Trinajstić information content (AvgIpc) is 2.89. The molecule has 0 aliphatic heterocycles. The van der Waals surface area contributed by atoms with Crippen LogP contribution in [0.3, 0.4) is 0 Å². The van der Waals surface area contributed by atoms with Gasteiger partial charge in [0.15, 0.2) is 0 Å². The summed E-state index contributed by atoms with van der Waals surface area (Å²) in [6.07, 6.45) is 5.30. The lowest BCUT2D eigenvalue weighted by Gasteiger charge is -2.15. The third-order valence-corrected chi connectivity index (χ3v) is 3.73. The second kappa shape index (κ2) is 8.63. The molecule has 106 valence electrons. The Labute approximate surface area is 117 Å². The molecule has 0 saturated heterocycles. The van der Waals surface area contributed by atoms with E-state index in [0.717, 1.165) is 19.3 Å². The summed E-state index contributed by atoms with van der Waals surface area (Å²) in [6, 6.07) is 0. The summed E-state index contributed by atoms with van der Waals surface area (Å²) in [5.41, 5.74) is 1.63. The van der Waals surface area contributed by atoms with Crippen molar-refractivity contribution in [2.24, 2.45) is 5.92 Å². The molecule has 0 radical (unpaired) electrons. The first-order chi connectivity index (χ1) is 9.13. The van der Waals surface area contributed by atoms with Crippen LogP contribution < -0.4 is 5.32 Å². The number of aliphatic carboxylic acids is 1. The molecule has 5 nitrogen and oxygen atoms in total. The van der Waals surface area contributed by atoms with Crippen LogP contribution >= 0.6 is 11.3 Å². The van der Waals surface area contributed by atoms with Gasteiger partial charge in [-0.05, 0) is 18.8 Å². The van der Waals surface area contributed by atoms with Crippen molar-refractivity contribution in [1.82, 2.24) is 10.3 Å². The average molecular weight is 284 g/mol. The molecule has 1 aromatic heterocycles. The SMILES string of the molecule is CCCC(CCNC(=O)c1cncs1)CCC(=O)O. The van der Waals surface area contributed by atoms with E-state index >= 15 is 0 Å². The number of carbonyl (C=O) groups excluding carboxylic acids is 1. The lowest BCUT2D eigenvalue weighted by molar-refractivity contribution is -0.137. The highest BCUT2D eigenvalue weighted by atomic mass is 32.1. The van der Waals surface area contributed by atoms with Crippen molar-refractivity contribution in [3.8, 4) is 0 Å². The van der Waals surface area contributed by atoms with Gasteiger partial charge in [-0.2, -0.15) is 0 Å². The van der Waals surface area contributed by atoms with Gasteiger partial charge in [0.25, 0.3) is 5.91 Å². The fourth-order valence-corrected chi connectivity index (χ4v) is 2.51. The molecule has 2 N–H and O–H groups in total. The fraction of sp³-hybridized carbons (Fsp3) is 0.615. The maximum Gasteiger partial charge on any atom is 0.303 e. The standard InChI is InChI=1S/C13H20N2O3S/c1-2-3-10(4-5-12(16)17)6-7-15-13(18)11-8-14-9-19-11/h8-10H,2-7H2,1H3,(H,15,18)(H,16,17). The number of rotatable bonds is 9. The van der Waals surface area contributed by atoms with E-state index in [9.17, 15) is 9.59 Å². The van der Waals surface area contributed by atoms with E-state index in [-0.39, 0.29) is 12.3 Å². The minimum Gasteiger partial charge on any atom is -0.481 e. The van der Waals surface area contributed by atoms with Crippen LogP contribution in [-0.2, 0) is 4.79 Å². The second-order valence-electron chi connectivity index (χ2n) is 4.50. The Morgan fingerprint density at radius 3 is 2.79 bits per heavy atom. The van der Waals surface area contributed by atoms with Crippen LogP contribution in [0.2, 0.25) is 0 Å². The van der Waals surface area contributed by atoms with Crippen molar-refractivity contribution in [3.05, 3.63) is 16.6 Å². The number of amides is 1. The number of nitrogens with zero attached hydrogens (tertiary/aromatic N) is 1. The number of thiazole rings is 1. The van der Waals surface area contributed by atoms with Gasteiger partial charge in [-0.1, -0.05) is 19.8 Å². The number of hydrogen-bond donors (Lipinski definition) is 2. The first-order valence-corrected chi connectivity index (χ1v) is 7.40. The van der Waals surface area contributed by atoms with E-state index in [1.807, 2.05) is 0 Å². The molecule has 0 aromatic carbocycles. The maximum atomic E-state index is 11.7. The fourth-order valence-electron chi connectivity index (χ4n) is 1.97. The van der Waals surface area contributed by atoms with Crippen LogP contribution in [0.25, 0.3) is 0 Å². The van der Waals surface area contributed by atoms with Crippen molar-refractivity contribution in [2.45, 2.75) is 39.0 Å². The molecule has 0 aliphatic carbocycles. The van der Waals surface area contributed by atoms with Gasteiger partial charge in [-0.15, -0.1) is 11.3 Å². The van der Waals surface area contributed by atoms with E-state index in [0.29, 0.717) is 23.8 Å². The molecular weight excluding hydrogens is 264 g/mol. The predicted octanol–water partition coefficient (Wildman–Crippen LogP) is 2.54. The van der Waals surface area contributed by atoms with Gasteiger partial charge in [-0.25, -0.2) is 0 Å². The number of carboxylic acids is 1. The summed E-state index contributed by atoms with van der Waals surface area (Å²) >= 11 is 1.31. The Bertz CT molecular complexity index is 393. The van der Waals surface area contributed by atoms with Crippen molar-refractivity contribution in [3.63, 3.8) is 0 Å². The summed E-state index contributed by atoms with van der Waals surface area (Å²) in [6.45, 7) is 2.67. The monoisotopic (exact) mass is 284 g/mol. The summed E-state index contributed by atoms with van der Waals surface area (Å²) in [5.74, 6) is -0.492. The van der Waals surface area contributed by atoms with Crippen LogP contribution in [-0.4, -0.2) is 28.5 Å². The number of carbonyl (C=O) groups is 2. The highest BCUT2D eigenvalue weighted by Crippen LogP contribution is 2.17. The molecule has 1 aromatic rings. The Balaban J connectivity index is 2.27. The Hall–Kier alpha value is -1.43. The highest BCUT2D eigenvalue weighted by molar-refractivity contribution is 7.11. The van der Waals surface area contributed by atoms with E-state index in [2.05, 4.69) is 17.2 Å². The zero-order chi connectivity index (χ0) is 14.1. The first-order valence-electron chi connectivity index (χ1n) is 6.52. The Morgan fingerprint density at radius 2 is 2.21 bits per heavy atom. The quantitative estimate of drug-likeness (QED) is 0.730. The zero-order valence-electron chi connectivity index (χ0n) is 11.1. The third kappa shape index (κ3) is 6.33. The van der Waals surface area contributed by atoms with Crippen molar-refractivity contribution >= 4 is 23.2 Å². The maximum absolute atomic E-state index is 11.7. The number of aromatic nitrogens is 1. The van der Waals surface area contributed by atoms with Crippen LogP contribution in [0.5, 0.6) is 0 Å². The normalized spacial score (nSPS) is 12.1. The zero-order valence-corrected chi connectivity index (χ0v) is 11.9. The molecule has 1 atom stereocenters. The van der Waals surface area contributed by atoms with Gasteiger partial charge in [0.05, 0.1) is 11.7 Å². The molecule has 1 heterocycles. The summed E-state index contributed by atoms with van der Waals surface area (Å²) in [4.78, 5) is 26.7. The van der Waals surface area contributed by atoms with E-state index < -0.39 is 5.97 Å². The number of nitrogens with one attached hydrogen (secondary N) is 1. The van der Waals surface area contributed by atoms with Gasteiger partial charge >= 0.3 is 5.97 Å². The molecule has 6 heteroatoms. The molecule has 19 heavy (non-hydrogen) atoms. The molecule has 1 unspecified atom stereocenters. The summed E-state index contributed by atoms with van der Waals surface area (Å²) in [5, 5.41) is 11.5. The molecule has 0 spiro atoms. The van der Waals surface area contributed by atoms with Crippen LogP contribution in [0.4, 0.5) is 0 Å². The predicted molar refractivity (Wildman–Crippen MR) is 74.3 cm³/mol.